The molecule has 2 aliphatic rings. The Morgan fingerprint density at radius 3 is 2.72 bits per heavy atom. The summed E-state index contributed by atoms with van der Waals surface area (Å²) in [6, 6.07) is 13.7. The maximum atomic E-state index is 12.6. The average molecular weight is 437 g/mol. The van der Waals surface area contributed by atoms with Crippen LogP contribution in [0.3, 0.4) is 0 Å². The first kappa shape index (κ1) is 22.2. The van der Waals surface area contributed by atoms with Gasteiger partial charge in [0.1, 0.15) is 12.4 Å². The molecule has 0 unspecified atom stereocenters. The van der Waals surface area contributed by atoms with E-state index in [2.05, 4.69) is 21.9 Å². The second kappa shape index (κ2) is 11.0. The van der Waals surface area contributed by atoms with Crippen molar-refractivity contribution in [3.05, 3.63) is 60.4 Å². The number of benzene rings is 2. The Labute approximate surface area is 190 Å². The zero-order valence-corrected chi connectivity index (χ0v) is 18.8. The van der Waals surface area contributed by atoms with Crippen LogP contribution in [0.15, 0.2) is 54.8 Å². The first-order chi connectivity index (χ1) is 15.7. The minimum atomic E-state index is 0.158. The van der Waals surface area contributed by atoms with Crippen LogP contribution in [-0.2, 0) is 0 Å². The standard InChI is InChI=1S/C26H32N2O4/c1-2-30-24-10-4-3-8-22(24)28-16-14-27(15-17-28)13-6-5-9-23(29)21-11-12-25-26(20-21)32-19-7-18-31-25/h3-4,7-8,10-12,18,20H,2,5-6,9,13-17,19H2,1H3. The van der Waals surface area contributed by atoms with Gasteiger partial charge in [-0.15, -0.1) is 0 Å². The van der Waals surface area contributed by atoms with Crippen molar-refractivity contribution >= 4 is 11.5 Å². The molecule has 0 aliphatic carbocycles. The predicted octanol–water partition coefficient (Wildman–Crippen LogP) is 4.55. The van der Waals surface area contributed by atoms with E-state index in [-0.39, 0.29) is 5.78 Å². The molecule has 0 radical (unpaired) electrons. The number of unbranched alkanes of at least 4 members (excludes halogenated alkanes) is 1. The molecule has 2 aromatic rings. The molecule has 2 heterocycles. The summed E-state index contributed by atoms with van der Waals surface area (Å²) in [6.07, 6.45) is 5.89. The van der Waals surface area contributed by atoms with Crippen LogP contribution >= 0.6 is 0 Å². The molecular weight excluding hydrogens is 404 g/mol. The lowest BCUT2D eigenvalue weighted by Gasteiger charge is -2.36. The number of fused-ring (bicyclic) bond motifs is 1. The molecule has 1 saturated heterocycles. The number of piperazine rings is 1. The second-order valence-corrected chi connectivity index (χ2v) is 8.07. The Morgan fingerprint density at radius 2 is 1.88 bits per heavy atom. The smallest absolute Gasteiger partial charge is 0.168 e. The molecule has 0 amide bonds. The number of carbonyl (C=O) groups is 1. The highest BCUT2D eigenvalue weighted by Gasteiger charge is 2.19. The number of hydrogen-bond acceptors (Lipinski definition) is 6. The number of para-hydroxylation sites is 2. The van der Waals surface area contributed by atoms with Gasteiger partial charge in [-0.3, -0.25) is 9.69 Å². The fourth-order valence-corrected chi connectivity index (χ4v) is 4.16. The van der Waals surface area contributed by atoms with E-state index < -0.39 is 0 Å². The molecule has 4 rings (SSSR count). The van der Waals surface area contributed by atoms with E-state index in [9.17, 15) is 4.79 Å². The number of ketones is 1. The lowest BCUT2D eigenvalue weighted by molar-refractivity contribution is 0.0977. The topological polar surface area (TPSA) is 51.2 Å². The van der Waals surface area contributed by atoms with Gasteiger partial charge in [0.05, 0.1) is 18.6 Å². The molecule has 0 saturated carbocycles. The largest absolute Gasteiger partial charge is 0.492 e. The van der Waals surface area contributed by atoms with Crippen molar-refractivity contribution in [3.63, 3.8) is 0 Å². The fraction of sp³-hybridized carbons (Fsp3) is 0.423. The van der Waals surface area contributed by atoms with E-state index in [0.717, 1.165) is 51.3 Å². The summed E-state index contributed by atoms with van der Waals surface area (Å²) in [7, 11) is 0. The Kier molecular flexibility index (Phi) is 7.67. The van der Waals surface area contributed by atoms with Crippen molar-refractivity contribution in [1.82, 2.24) is 4.90 Å². The molecule has 0 aromatic heterocycles. The molecule has 6 nitrogen and oxygen atoms in total. The van der Waals surface area contributed by atoms with Gasteiger partial charge in [0.25, 0.3) is 0 Å². The maximum Gasteiger partial charge on any atom is 0.168 e. The molecule has 1 fully saturated rings. The number of rotatable bonds is 9. The van der Waals surface area contributed by atoms with Crippen LogP contribution in [0.4, 0.5) is 5.69 Å². The Morgan fingerprint density at radius 1 is 1.03 bits per heavy atom. The number of nitrogens with zero attached hydrogens (tertiary/aromatic N) is 2. The number of anilines is 1. The van der Waals surface area contributed by atoms with Gasteiger partial charge in [0.15, 0.2) is 17.3 Å². The van der Waals surface area contributed by atoms with Gasteiger partial charge in [0, 0.05) is 38.2 Å². The molecule has 32 heavy (non-hydrogen) atoms. The third kappa shape index (κ3) is 5.62. The summed E-state index contributed by atoms with van der Waals surface area (Å²) in [5.74, 6) is 2.40. The minimum absolute atomic E-state index is 0.158. The lowest BCUT2D eigenvalue weighted by Crippen LogP contribution is -2.46. The summed E-state index contributed by atoms with van der Waals surface area (Å²) >= 11 is 0. The van der Waals surface area contributed by atoms with Gasteiger partial charge in [-0.25, -0.2) is 0 Å². The van der Waals surface area contributed by atoms with Crippen LogP contribution in [0.1, 0.15) is 36.5 Å². The normalized spacial score (nSPS) is 16.0. The molecule has 170 valence electrons. The zero-order valence-electron chi connectivity index (χ0n) is 18.8. The summed E-state index contributed by atoms with van der Waals surface area (Å²) in [4.78, 5) is 17.5. The molecule has 0 atom stereocenters. The predicted molar refractivity (Wildman–Crippen MR) is 126 cm³/mol. The quantitative estimate of drug-likeness (QED) is 0.425. The van der Waals surface area contributed by atoms with E-state index in [4.69, 9.17) is 14.2 Å². The zero-order chi connectivity index (χ0) is 22.2. The number of Topliss-reactive ketones (excluding diaryl/α,β-unsaturated/α-hetero) is 1. The Bertz CT molecular complexity index is 935. The number of hydrogen-bond donors (Lipinski definition) is 0. The van der Waals surface area contributed by atoms with E-state index in [0.29, 0.717) is 36.7 Å². The third-order valence-corrected chi connectivity index (χ3v) is 5.90. The third-order valence-electron chi connectivity index (χ3n) is 5.90. The second-order valence-electron chi connectivity index (χ2n) is 8.07. The fourth-order valence-electron chi connectivity index (χ4n) is 4.16. The molecule has 0 spiro atoms. The van der Waals surface area contributed by atoms with Crippen LogP contribution < -0.4 is 19.1 Å². The minimum Gasteiger partial charge on any atom is -0.492 e. The van der Waals surface area contributed by atoms with Crippen molar-refractivity contribution in [3.8, 4) is 17.2 Å². The summed E-state index contributed by atoms with van der Waals surface area (Å²) < 4.78 is 16.9. The van der Waals surface area contributed by atoms with Crippen molar-refractivity contribution in [2.45, 2.75) is 26.2 Å². The molecule has 2 aliphatic heterocycles. The van der Waals surface area contributed by atoms with Gasteiger partial charge in [-0.1, -0.05) is 12.1 Å². The van der Waals surface area contributed by atoms with Gasteiger partial charge < -0.3 is 19.1 Å². The highest BCUT2D eigenvalue weighted by molar-refractivity contribution is 5.96. The molecule has 0 bridgehead atoms. The van der Waals surface area contributed by atoms with Gasteiger partial charge in [-0.05, 0) is 62.7 Å². The van der Waals surface area contributed by atoms with Gasteiger partial charge >= 0.3 is 0 Å². The van der Waals surface area contributed by atoms with Crippen molar-refractivity contribution in [1.29, 1.82) is 0 Å². The van der Waals surface area contributed by atoms with E-state index in [1.807, 2.05) is 25.1 Å². The molecule has 2 aromatic carbocycles. The highest BCUT2D eigenvalue weighted by Crippen LogP contribution is 2.31. The monoisotopic (exact) mass is 436 g/mol. The van der Waals surface area contributed by atoms with Gasteiger partial charge in [0.2, 0.25) is 0 Å². The molecular formula is C26H32N2O4. The molecule has 6 heteroatoms. The van der Waals surface area contributed by atoms with Crippen LogP contribution in [0.2, 0.25) is 0 Å². The van der Waals surface area contributed by atoms with E-state index in [1.54, 1.807) is 24.5 Å². The summed E-state index contributed by atoms with van der Waals surface area (Å²) in [6.45, 7) is 8.24. The maximum absolute atomic E-state index is 12.6. The van der Waals surface area contributed by atoms with Crippen LogP contribution in [0, 0.1) is 0 Å². The van der Waals surface area contributed by atoms with Crippen LogP contribution in [0.25, 0.3) is 0 Å². The van der Waals surface area contributed by atoms with Crippen LogP contribution in [0.5, 0.6) is 17.2 Å². The molecule has 0 N–H and O–H groups in total. The summed E-state index contributed by atoms with van der Waals surface area (Å²) in [5, 5.41) is 0. The van der Waals surface area contributed by atoms with Crippen LogP contribution in [-0.4, -0.2) is 56.6 Å². The Hall–Kier alpha value is -2.99. The first-order valence-electron chi connectivity index (χ1n) is 11.6. The first-order valence-corrected chi connectivity index (χ1v) is 11.6. The SMILES string of the molecule is CCOc1ccccc1N1CCN(CCCCC(=O)c2ccc3c(c2)OCC=CO3)CC1. The van der Waals surface area contributed by atoms with Crippen molar-refractivity contribution < 1.29 is 19.0 Å². The average Bonchev–Trinajstić information content (AvgIpc) is 3.08. The number of ether oxygens (including phenoxy) is 3. The highest BCUT2D eigenvalue weighted by atomic mass is 16.5. The lowest BCUT2D eigenvalue weighted by atomic mass is 10.0. The van der Waals surface area contributed by atoms with Gasteiger partial charge in [-0.2, -0.15) is 0 Å². The van der Waals surface area contributed by atoms with E-state index >= 15 is 0 Å². The van der Waals surface area contributed by atoms with Crippen molar-refractivity contribution in [2.75, 3.05) is 50.8 Å². The number of carbonyl (C=O) groups excluding carboxylic acids is 1. The Balaban J connectivity index is 1.19. The summed E-state index contributed by atoms with van der Waals surface area (Å²) in [5.41, 5.74) is 1.88. The van der Waals surface area contributed by atoms with E-state index in [1.165, 1.54) is 5.69 Å². The van der Waals surface area contributed by atoms with Crippen molar-refractivity contribution in [2.24, 2.45) is 0 Å².